The summed E-state index contributed by atoms with van der Waals surface area (Å²) in [6.07, 6.45) is 2.24. The number of carbonyl (C=O) groups excluding carboxylic acids is 1. The summed E-state index contributed by atoms with van der Waals surface area (Å²) in [5, 5.41) is 3.43. The van der Waals surface area contributed by atoms with E-state index < -0.39 is 5.97 Å². The van der Waals surface area contributed by atoms with Crippen molar-refractivity contribution in [2.75, 3.05) is 20.2 Å². The first-order valence-electron chi connectivity index (χ1n) is 8.64. The predicted molar refractivity (Wildman–Crippen MR) is 93.2 cm³/mol. The molecular weight excluding hydrogens is 302 g/mol. The number of hydrogen-bond donors (Lipinski definition) is 1. The van der Waals surface area contributed by atoms with Gasteiger partial charge in [-0.1, -0.05) is 37.3 Å². The van der Waals surface area contributed by atoms with Gasteiger partial charge in [-0.3, -0.25) is 0 Å². The van der Waals surface area contributed by atoms with Crippen molar-refractivity contribution >= 4 is 5.97 Å². The fraction of sp³-hybridized carbons (Fsp3) is 0.450. The van der Waals surface area contributed by atoms with Crippen LogP contribution in [0.3, 0.4) is 0 Å². The molecule has 1 saturated heterocycles. The Labute approximate surface area is 143 Å². The van der Waals surface area contributed by atoms with E-state index in [0.717, 1.165) is 31.7 Å². The second kappa shape index (κ2) is 7.67. The summed E-state index contributed by atoms with van der Waals surface area (Å²) in [7, 11) is 1.38. The Morgan fingerprint density at radius 3 is 2.54 bits per heavy atom. The van der Waals surface area contributed by atoms with Crippen LogP contribution in [0.25, 0.3) is 0 Å². The second-order valence-corrected chi connectivity index (χ2v) is 6.51. The first kappa shape index (κ1) is 16.8. The molecule has 3 rings (SSSR count). The number of rotatable bonds is 5. The van der Waals surface area contributed by atoms with Crippen molar-refractivity contribution in [3.63, 3.8) is 0 Å². The molecule has 1 fully saturated rings. The fourth-order valence-corrected chi connectivity index (χ4v) is 3.80. The zero-order chi connectivity index (χ0) is 16.9. The van der Waals surface area contributed by atoms with Gasteiger partial charge in [0.05, 0.1) is 7.11 Å². The number of esters is 1. The van der Waals surface area contributed by atoms with E-state index in [0.29, 0.717) is 11.8 Å². The maximum atomic E-state index is 11.7. The van der Waals surface area contributed by atoms with Gasteiger partial charge in [0, 0.05) is 5.92 Å². The van der Waals surface area contributed by atoms with Gasteiger partial charge in [0.2, 0.25) is 5.76 Å². The summed E-state index contributed by atoms with van der Waals surface area (Å²) in [5.74, 6) is 1.87. The predicted octanol–water partition coefficient (Wildman–Crippen LogP) is 3.95. The lowest BCUT2D eigenvalue weighted by molar-refractivity contribution is 0.0560. The van der Waals surface area contributed by atoms with Crippen molar-refractivity contribution in [3.05, 3.63) is 59.5 Å². The highest BCUT2D eigenvalue weighted by molar-refractivity contribution is 5.86. The van der Waals surface area contributed by atoms with E-state index in [1.165, 1.54) is 12.7 Å². The first-order chi connectivity index (χ1) is 11.7. The van der Waals surface area contributed by atoms with E-state index in [1.807, 2.05) is 12.1 Å². The minimum Gasteiger partial charge on any atom is -0.463 e. The molecule has 0 saturated carbocycles. The molecule has 1 aliphatic heterocycles. The smallest absolute Gasteiger partial charge is 0.373 e. The first-order valence-corrected chi connectivity index (χ1v) is 8.64. The van der Waals surface area contributed by atoms with Crippen LogP contribution in [0.15, 0.2) is 46.9 Å². The zero-order valence-electron chi connectivity index (χ0n) is 14.3. The van der Waals surface area contributed by atoms with Crippen LogP contribution >= 0.6 is 0 Å². The van der Waals surface area contributed by atoms with Gasteiger partial charge in [-0.25, -0.2) is 4.79 Å². The molecule has 2 atom stereocenters. The Bertz CT molecular complexity index is 659. The van der Waals surface area contributed by atoms with Gasteiger partial charge in [0.1, 0.15) is 5.76 Å². The number of carbonyl (C=O) groups is 1. The zero-order valence-corrected chi connectivity index (χ0v) is 14.3. The number of benzene rings is 1. The standard InChI is InChI=1S/C20H25NO3/c1-14(15-6-4-3-5-7-15)19(16-10-12-21-13-11-16)17-8-9-18(24-17)20(22)23-2/h3-9,14,16,19,21H,10-13H2,1-2H3. The summed E-state index contributed by atoms with van der Waals surface area (Å²) in [5.41, 5.74) is 1.30. The number of piperidine rings is 1. The summed E-state index contributed by atoms with van der Waals surface area (Å²) in [4.78, 5) is 11.7. The molecule has 1 aromatic heterocycles. The van der Waals surface area contributed by atoms with E-state index >= 15 is 0 Å². The topological polar surface area (TPSA) is 51.5 Å². The van der Waals surface area contributed by atoms with E-state index in [9.17, 15) is 4.79 Å². The molecule has 0 aliphatic carbocycles. The van der Waals surface area contributed by atoms with Crippen LogP contribution in [0.1, 0.15) is 53.5 Å². The molecule has 4 nitrogen and oxygen atoms in total. The summed E-state index contributed by atoms with van der Waals surface area (Å²) < 4.78 is 10.7. The van der Waals surface area contributed by atoms with Crippen molar-refractivity contribution in [1.82, 2.24) is 5.32 Å². The Morgan fingerprint density at radius 2 is 1.88 bits per heavy atom. The highest BCUT2D eigenvalue weighted by atomic mass is 16.5. The Kier molecular flexibility index (Phi) is 5.36. The Balaban J connectivity index is 1.92. The fourth-order valence-electron chi connectivity index (χ4n) is 3.80. The van der Waals surface area contributed by atoms with Crippen molar-refractivity contribution in [1.29, 1.82) is 0 Å². The van der Waals surface area contributed by atoms with Crippen LogP contribution in [0, 0.1) is 5.92 Å². The third-order valence-corrected chi connectivity index (χ3v) is 5.10. The molecule has 24 heavy (non-hydrogen) atoms. The maximum absolute atomic E-state index is 11.7. The lowest BCUT2D eigenvalue weighted by Gasteiger charge is -2.33. The third kappa shape index (κ3) is 3.54. The van der Waals surface area contributed by atoms with Crippen molar-refractivity contribution < 1.29 is 13.9 Å². The minimum atomic E-state index is -0.419. The Morgan fingerprint density at radius 1 is 1.17 bits per heavy atom. The van der Waals surface area contributed by atoms with Crippen LogP contribution in [-0.4, -0.2) is 26.2 Å². The van der Waals surface area contributed by atoms with Gasteiger partial charge in [-0.2, -0.15) is 0 Å². The van der Waals surface area contributed by atoms with Crippen LogP contribution in [0.5, 0.6) is 0 Å². The second-order valence-electron chi connectivity index (χ2n) is 6.51. The number of ether oxygens (including phenoxy) is 1. The minimum absolute atomic E-state index is 0.257. The van der Waals surface area contributed by atoms with Gasteiger partial charge in [-0.05, 0) is 55.5 Å². The van der Waals surface area contributed by atoms with Crippen molar-refractivity contribution in [2.24, 2.45) is 5.92 Å². The number of furan rings is 1. The molecule has 4 heteroatoms. The van der Waals surface area contributed by atoms with E-state index in [1.54, 1.807) is 6.07 Å². The van der Waals surface area contributed by atoms with E-state index in [2.05, 4.69) is 36.5 Å². The average molecular weight is 327 g/mol. The molecule has 0 radical (unpaired) electrons. The van der Waals surface area contributed by atoms with Gasteiger partial charge in [-0.15, -0.1) is 0 Å². The Hall–Kier alpha value is -2.07. The molecule has 2 heterocycles. The van der Waals surface area contributed by atoms with Crippen LogP contribution < -0.4 is 5.32 Å². The summed E-state index contributed by atoms with van der Waals surface area (Å²) >= 11 is 0. The molecule has 2 unspecified atom stereocenters. The number of nitrogens with one attached hydrogen (secondary N) is 1. The average Bonchev–Trinajstić information content (AvgIpc) is 3.12. The van der Waals surface area contributed by atoms with Gasteiger partial charge in [0.25, 0.3) is 0 Å². The van der Waals surface area contributed by atoms with Gasteiger partial charge >= 0.3 is 5.97 Å². The monoisotopic (exact) mass is 327 g/mol. The molecule has 1 aromatic carbocycles. The maximum Gasteiger partial charge on any atom is 0.373 e. The molecular formula is C20H25NO3. The number of methoxy groups -OCH3 is 1. The highest BCUT2D eigenvalue weighted by Crippen LogP contribution is 2.42. The lowest BCUT2D eigenvalue weighted by atomic mass is 9.74. The van der Waals surface area contributed by atoms with E-state index in [4.69, 9.17) is 9.15 Å². The van der Waals surface area contributed by atoms with Crippen LogP contribution in [0.4, 0.5) is 0 Å². The SMILES string of the molecule is COC(=O)c1ccc(C(C2CCNCC2)C(C)c2ccccc2)o1. The molecule has 128 valence electrons. The normalized spacial score (nSPS) is 18.1. The molecule has 1 N–H and O–H groups in total. The van der Waals surface area contributed by atoms with Crippen molar-refractivity contribution in [2.45, 2.75) is 31.6 Å². The van der Waals surface area contributed by atoms with Gasteiger partial charge in [0.15, 0.2) is 0 Å². The largest absolute Gasteiger partial charge is 0.463 e. The van der Waals surface area contributed by atoms with Crippen LogP contribution in [0.2, 0.25) is 0 Å². The number of hydrogen-bond acceptors (Lipinski definition) is 4. The lowest BCUT2D eigenvalue weighted by Crippen LogP contribution is -2.32. The third-order valence-electron chi connectivity index (χ3n) is 5.10. The highest BCUT2D eigenvalue weighted by Gasteiger charge is 2.33. The molecule has 1 aliphatic rings. The van der Waals surface area contributed by atoms with Gasteiger partial charge < -0.3 is 14.5 Å². The van der Waals surface area contributed by atoms with E-state index in [-0.39, 0.29) is 11.7 Å². The molecule has 0 bridgehead atoms. The summed E-state index contributed by atoms with van der Waals surface area (Å²) in [6, 6.07) is 14.2. The molecule has 2 aromatic rings. The van der Waals surface area contributed by atoms with Crippen molar-refractivity contribution in [3.8, 4) is 0 Å². The molecule has 0 spiro atoms. The van der Waals surface area contributed by atoms with Crippen LogP contribution in [-0.2, 0) is 4.74 Å². The molecule has 0 amide bonds. The summed E-state index contributed by atoms with van der Waals surface area (Å²) in [6.45, 7) is 4.32. The quantitative estimate of drug-likeness (QED) is 0.845.